The lowest BCUT2D eigenvalue weighted by molar-refractivity contribution is 0.192. The van der Waals surface area contributed by atoms with E-state index in [0.717, 1.165) is 48.7 Å². The van der Waals surface area contributed by atoms with Gasteiger partial charge >= 0.3 is 6.03 Å². The maximum absolute atomic E-state index is 13.4. The first-order chi connectivity index (χ1) is 19.2. The van der Waals surface area contributed by atoms with Gasteiger partial charge in [0.15, 0.2) is 0 Å². The quantitative estimate of drug-likeness (QED) is 0.190. The van der Waals surface area contributed by atoms with Crippen LogP contribution in [0.4, 0.5) is 4.79 Å². The molecule has 1 saturated carbocycles. The van der Waals surface area contributed by atoms with Gasteiger partial charge in [0.2, 0.25) is 0 Å². The van der Waals surface area contributed by atoms with E-state index in [1.54, 1.807) is 17.5 Å². The highest BCUT2D eigenvalue weighted by Crippen LogP contribution is 2.40. The SMILES string of the molecule is CCCCNCc1ccc(-c2nc(CN(CCCn3ccnc3)C(=O)N[C@@H]3C[C@H]3c3ccccc3)cs2)cc1. The Morgan fingerprint density at radius 2 is 1.97 bits per heavy atom. The molecule has 0 radical (unpaired) electrons. The normalized spacial score (nSPS) is 16.2. The average Bonchev–Trinajstić information content (AvgIpc) is 3.30. The molecule has 1 aliphatic carbocycles. The number of hydrogen-bond acceptors (Lipinski definition) is 5. The number of benzene rings is 2. The van der Waals surface area contributed by atoms with Gasteiger partial charge < -0.3 is 20.1 Å². The van der Waals surface area contributed by atoms with Gasteiger partial charge in [0.05, 0.1) is 18.6 Å². The summed E-state index contributed by atoms with van der Waals surface area (Å²) in [6.07, 6.45) is 9.80. The van der Waals surface area contributed by atoms with Gasteiger partial charge in [0.25, 0.3) is 0 Å². The molecule has 39 heavy (non-hydrogen) atoms. The molecular formula is C31H38N6OS. The largest absolute Gasteiger partial charge is 0.337 e. The molecule has 2 aromatic heterocycles. The van der Waals surface area contributed by atoms with Gasteiger partial charge in [0.1, 0.15) is 5.01 Å². The third kappa shape index (κ3) is 7.77. The van der Waals surface area contributed by atoms with Crippen LogP contribution in [0.1, 0.15) is 55.3 Å². The zero-order chi connectivity index (χ0) is 26.9. The van der Waals surface area contributed by atoms with Crippen LogP contribution in [0.3, 0.4) is 0 Å². The van der Waals surface area contributed by atoms with Crippen molar-refractivity contribution in [2.45, 2.75) is 64.2 Å². The third-order valence-corrected chi connectivity index (χ3v) is 8.10. The summed E-state index contributed by atoms with van der Waals surface area (Å²) in [5.41, 5.74) is 4.61. The second-order valence-corrected chi connectivity index (χ2v) is 11.1. The Labute approximate surface area is 235 Å². The zero-order valence-corrected chi connectivity index (χ0v) is 23.4. The molecule has 1 aliphatic rings. The summed E-state index contributed by atoms with van der Waals surface area (Å²) in [5.74, 6) is 0.402. The van der Waals surface area contributed by atoms with E-state index in [9.17, 15) is 4.79 Å². The summed E-state index contributed by atoms with van der Waals surface area (Å²) in [7, 11) is 0. The Morgan fingerprint density at radius 1 is 1.13 bits per heavy atom. The Balaban J connectivity index is 1.19. The lowest BCUT2D eigenvalue weighted by atomic mass is 10.1. The van der Waals surface area contributed by atoms with Crippen molar-refractivity contribution in [1.82, 2.24) is 30.1 Å². The van der Waals surface area contributed by atoms with E-state index in [4.69, 9.17) is 4.98 Å². The van der Waals surface area contributed by atoms with E-state index in [1.807, 2.05) is 28.1 Å². The van der Waals surface area contributed by atoms with Crippen molar-refractivity contribution >= 4 is 17.4 Å². The van der Waals surface area contributed by atoms with Crippen LogP contribution < -0.4 is 10.6 Å². The molecule has 2 amide bonds. The molecule has 204 valence electrons. The molecule has 5 rings (SSSR count). The van der Waals surface area contributed by atoms with Gasteiger partial charge in [-0.25, -0.2) is 14.8 Å². The second kappa shape index (κ2) is 13.5. The minimum absolute atomic E-state index is 0.0152. The van der Waals surface area contributed by atoms with Crippen LogP contribution in [0.25, 0.3) is 10.6 Å². The number of carbonyl (C=O) groups excluding carboxylic acids is 1. The summed E-state index contributed by atoms with van der Waals surface area (Å²) < 4.78 is 2.05. The van der Waals surface area contributed by atoms with Crippen LogP contribution in [-0.4, -0.2) is 44.6 Å². The minimum atomic E-state index is -0.0152. The Hall–Kier alpha value is -3.49. The fourth-order valence-corrected chi connectivity index (χ4v) is 5.61. The molecule has 7 nitrogen and oxygen atoms in total. The van der Waals surface area contributed by atoms with Crippen molar-refractivity contribution in [3.8, 4) is 10.6 Å². The lowest BCUT2D eigenvalue weighted by Gasteiger charge is -2.22. The van der Waals surface area contributed by atoms with Crippen molar-refractivity contribution in [2.24, 2.45) is 0 Å². The second-order valence-electron chi connectivity index (χ2n) is 10.3. The zero-order valence-electron chi connectivity index (χ0n) is 22.6. The van der Waals surface area contributed by atoms with Crippen molar-refractivity contribution < 1.29 is 4.79 Å². The lowest BCUT2D eigenvalue weighted by Crippen LogP contribution is -2.41. The van der Waals surface area contributed by atoms with Crippen molar-refractivity contribution in [2.75, 3.05) is 13.1 Å². The van der Waals surface area contributed by atoms with E-state index < -0.39 is 0 Å². The molecule has 0 aliphatic heterocycles. The van der Waals surface area contributed by atoms with Gasteiger partial charge in [-0.2, -0.15) is 0 Å². The van der Waals surface area contributed by atoms with Crippen LogP contribution in [-0.2, 0) is 19.6 Å². The predicted octanol–water partition coefficient (Wildman–Crippen LogP) is 6.05. The molecule has 0 unspecified atom stereocenters. The van der Waals surface area contributed by atoms with Crippen LogP contribution >= 0.6 is 11.3 Å². The number of amides is 2. The topological polar surface area (TPSA) is 75.1 Å². The highest BCUT2D eigenvalue weighted by atomic mass is 32.1. The molecule has 2 N–H and O–H groups in total. The average molecular weight is 543 g/mol. The van der Waals surface area contributed by atoms with E-state index in [-0.39, 0.29) is 12.1 Å². The highest BCUT2D eigenvalue weighted by molar-refractivity contribution is 7.13. The van der Waals surface area contributed by atoms with Crippen LogP contribution in [0.5, 0.6) is 0 Å². The van der Waals surface area contributed by atoms with Gasteiger partial charge in [-0.3, -0.25) is 0 Å². The van der Waals surface area contributed by atoms with Crippen molar-refractivity contribution in [3.63, 3.8) is 0 Å². The standard InChI is InChI=1S/C31H38N6OS/c1-2-3-14-32-20-24-10-12-26(13-11-24)30-34-27(22-39-30)21-37(17-7-16-36-18-15-33-23-36)31(38)35-29-19-28(29)25-8-5-4-6-9-25/h4-6,8-13,15,18,22-23,28-29,32H,2-3,7,14,16-17,19-21H2,1H3,(H,35,38)/t28-,29+/m0/s1. The number of nitrogens with one attached hydrogen (secondary N) is 2. The summed E-state index contributed by atoms with van der Waals surface area (Å²) in [4.78, 5) is 24.3. The van der Waals surface area contributed by atoms with Gasteiger partial charge in [-0.1, -0.05) is 67.9 Å². The van der Waals surface area contributed by atoms with Crippen molar-refractivity contribution in [1.29, 1.82) is 0 Å². The molecular weight excluding hydrogens is 504 g/mol. The number of carbonyl (C=O) groups is 1. The third-order valence-electron chi connectivity index (χ3n) is 7.16. The van der Waals surface area contributed by atoms with Crippen LogP contribution in [0.15, 0.2) is 78.7 Å². The van der Waals surface area contributed by atoms with E-state index in [1.165, 1.54) is 24.0 Å². The number of imidazole rings is 1. The Morgan fingerprint density at radius 3 is 2.74 bits per heavy atom. The molecule has 0 bridgehead atoms. The number of unbranched alkanes of at least 4 members (excludes halogenated alkanes) is 1. The van der Waals surface area contributed by atoms with Crippen molar-refractivity contribution in [3.05, 3.63) is 95.5 Å². The summed E-state index contributed by atoms with van der Waals surface area (Å²) >= 11 is 1.63. The van der Waals surface area contributed by atoms with Gasteiger partial charge in [-0.05, 0) is 36.9 Å². The molecule has 2 heterocycles. The molecule has 0 saturated heterocycles. The van der Waals surface area contributed by atoms with Crippen LogP contribution in [0, 0.1) is 0 Å². The molecule has 4 aromatic rings. The van der Waals surface area contributed by atoms with E-state index in [2.05, 4.69) is 76.5 Å². The van der Waals surface area contributed by atoms with E-state index in [0.29, 0.717) is 19.0 Å². The van der Waals surface area contributed by atoms with E-state index >= 15 is 0 Å². The van der Waals surface area contributed by atoms with Crippen LogP contribution in [0.2, 0.25) is 0 Å². The molecule has 1 fully saturated rings. The first kappa shape index (κ1) is 27.1. The minimum Gasteiger partial charge on any atom is -0.337 e. The number of rotatable bonds is 14. The number of aryl methyl sites for hydroxylation is 1. The fourth-order valence-electron chi connectivity index (χ4n) is 4.80. The maximum Gasteiger partial charge on any atom is 0.317 e. The monoisotopic (exact) mass is 542 g/mol. The maximum atomic E-state index is 13.4. The van der Waals surface area contributed by atoms with Gasteiger partial charge in [0, 0.05) is 54.9 Å². The molecule has 8 heteroatoms. The Bertz CT molecular complexity index is 1290. The molecule has 0 spiro atoms. The summed E-state index contributed by atoms with van der Waals surface area (Å²) in [6.45, 7) is 6.11. The Kier molecular flexibility index (Phi) is 9.40. The number of thiazole rings is 1. The summed E-state index contributed by atoms with van der Waals surface area (Å²) in [6, 6.07) is 19.3. The fraction of sp³-hybridized carbons (Fsp3) is 0.387. The molecule has 2 atom stereocenters. The molecule has 2 aromatic carbocycles. The van der Waals surface area contributed by atoms with Gasteiger partial charge in [-0.15, -0.1) is 11.3 Å². The number of hydrogen-bond donors (Lipinski definition) is 2. The number of aromatic nitrogens is 3. The first-order valence-electron chi connectivity index (χ1n) is 14.0. The summed E-state index contributed by atoms with van der Waals surface area (Å²) in [5, 5.41) is 9.83. The smallest absolute Gasteiger partial charge is 0.317 e. The first-order valence-corrected chi connectivity index (χ1v) is 14.9. The number of nitrogens with zero attached hydrogens (tertiary/aromatic N) is 4. The number of urea groups is 1. The highest BCUT2D eigenvalue weighted by Gasteiger charge is 2.40. The predicted molar refractivity (Wildman–Crippen MR) is 158 cm³/mol.